The summed E-state index contributed by atoms with van der Waals surface area (Å²) in [7, 11) is 0. The molecule has 2 unspecified atom stereocenters. The number of halogens is 1. The highest BCUT2D eigenvalue weighted by molar-refractivity contribution is 6.03. The Bertz CT molecular complexity index is 1210. The Morgan fingerprint density at radius 2 is 2.07 bits per heavy atom. The van der Waals surface area contributed by atoms with Crippen LogP contribution in [0.3, 0.4) is 0 Å². The van der Waals surface area contributed by atoms with Crippen LogP contribution in [0, 0.1) is 11.7 Å². The molecule has 3 heterocycles. The van der Waals surface area contributed by atoms with Gasteiger partial charge in [-0.05, 0) is 36.2 Å². The lowest BCUT2D eigenvalue weighted by Gasteiger charge is -2.28. The third-order valence-corrected chi connectivity index (χ3v) is 5.27. The largest absolute Gasteiger partial charge is 0.289 e. The van der Waals surface area contributed by atoms with Crippen molar-refractivity contribution in [1.29, 1.82) is 0 Å². The second kappa shape index (κ2) is 6.77. The number of carbonyl (C=O) groups excluding carboxylic acids is 1. The molecule has 4 aromatic rings. The molecule has 1 amide bonds. The highest BCUT2D eigenvalue weighted by atomic mass is 19.1. The van der Waals surface area contributed by atoms with Gasteiger partial charge in [-0.3, -0.25) is 10.1 Å². The molecule has 0 saturated heterocycles. The fraction of sp³-hybridized carbons (Fsp3) is 0.250. The van der Waals surface area contributed by atoms with Gasteiger partial charge >= 0.3 is 0 Å². The van der Waals surface area contributed by atoms with Crippen LogP contribution in [-0.2, 0) is 13.0 Å². The second-order valence-electron chi connectivity index (χ2n) is 7.27. The van der Waals surface area contributed by atoms with E-state index >= 15 is 0 Å². The minimum Gasteiger partial charge on any atom is -0.289 e. The van der Waals surface area contributed by atoms with Gasteiger partial charge in [0.15, 0.2) is 0 Å². The monoisotopic (exact) mass is 391 g/mol. The Kier molecular flexibility index (Phi) is 4.08. The maximum atomic E-state index is 13.4. The number of hydrogen-bond acceptors (Lipinski definition) is 5. The Labute approximate surface area is 165 Å². The van der Waals surface area contributed by atoms with E-state index in [4.69, 9.17) is 0 Å². The lowest BCUT2D eigenvalue weighted by molar-refractivity contribution is 0.102. The molecule has 8 nitrogen and oxygen atoms in total. The van der Waals surface area contributed by atoms with Gasteiger partial charge in [0.05, 0.1) is 18.1 Å². The normalized spacial score (nSPS) is 18.6. The molecule has 1 aliphatic rings. The maximum absolute atomic E-state index is 13.4. The van der Waals surface area contributed by atoms with Gasteiger partial charge in [-0.2, -0.15) is 4.98 Å². The molecular formula is C20H18FN7O. The van der Waals surface area contributed by atoms with Gasteiger partial charge in [0.2, 0.25) is 5.95 Å². The van der Waals surface area contributed by atoms with E-state index < -0.39 is 11.7 Å². The van der Waals surface area contributed by atoms with Gasteiger partial charge < -0.3 is 0 Å². The van der Waals surface area contributed by atoms with Crippen LogP contribution in [0.25, 0.3) is 11.0 Å². The van der Waals surface area contributed by atoms with Gasteiger partial charge in [0.25, 0.3) is 5.91 Å². The number of anilines is 1. The Hall–Kier alpha value is -3.62. The number of nitrogens with one attached hydrogen (secondary N) is 1. The number of rotatable bonds is 3. The van der Waals surface area contributed by atoms with Crippen LogP contribution in [0.2, 0.25) is 0 Å². The fourth-order valence-electron chi connectivity index (χ4n) is 3.76. The number of aromatic nitrogens is 6. The van der Waals surface area contributed by atoms with Gasteiger partial charge in [-0.15, -0.1) is 10.2 Å². The van der Waals surface area contributed by atoms with Crippen molar-refractivity contribution in [2.75, 3.05) is 5.32 Å². The Morgan fingerprint density at radius 3 is 2.93 bits per heavy atom. The maximum Gasteiger partial charge on any atom is 0.258 e. The minimum absolute atomic E-state index is 0.0726. The average molecular weight is 391 g/mol. The average Bonchev–Trinajstić information content (AvgIpc) is 3.30. The lowest BCUT2D eigenvalue weighted by Crippen LogP contribution is -2.31. The molecule has 146 valence electrons. The van der Waals surface area contributed by atoms with Gasteiger partial charge in [0, 0.05) is 12.0 Å². The summed E-state index contributed by atoms with van der Waals surface area (Å²) in [4.78, 5) is 16.8. The summed E-state index contributed by atoms with van der Waals surface area (Å²) in [5.41, 5.74) is 2.05. The van der Waals surface area contributed by atoms with E-state index in [-0.39, 0.29) is 23.5 Å². The van der Waals surface area contributed by atoms with Crippen molar-refractivity contribution in [3.05, 3.63) is 65.7 Å². The number of nitrogens with zero attached hydrogens (tertiary/aromatic N) is 6. The van der Waals surface area contributed by atoms with Crippen LogP contribution in [0.5, 0.6) is 0 Å². The number of para-hydroxylation sites is 1. The molecule has 1 N–H and O–H groups in total. The van der Waals surface area contributed by atoms with Crippen molar-refractivity contribution >= 4 is 22.9 Å². The van der Waals surface area contributed by atoms with Crippen LogP contribution in [0.4, 0.5) is 10.3 Å². The highest BCUT2D eigenvalue weighted by Gasteiger charge is 2.31. The van der Waals surface area contributed by atoms with E-state index in [1.165, 1.54) is 18.2 Å². The predicted molar refractivity (Wildman–Crippen MR) is 104 cm³/mol. The first kappa shape index (κ1) is 17.5. The van der Waals surface area contributed by atoms with Crippen molar-refractivity contribution < 1.29 is 9.18 Å². The van der Waals surface area contributed by atoms with Crippen molar-refractivity contribution in [1.82, 2.24) is 29.8 Å². The second-order valence-corrected chi connectivity index (χ2v) is 7.27. The predicted octanol–water partition coefficient (Wildman–Crippen LogP) is 2.85. The molecule has 0 fully saturated rings. The van der Waals surface area contributed by atoms with Crippen LogP contribution >= 0.6 is 0 Å². The molecular weight excluding hydrogens is 373 g/mol. The molecule has 0 aliphatic carbocycles. The number of benzene rings is 2. The summed E-state index contributed by atoms with van der Waals surface area (Å²) in [6.45, 7) is 2.72. The first-order chi connectivity index (χ1) is 14.1. The van der Waals surface area contributed by atoms with E-state index in [0.29, 0.717) is 13.0 Å². The molecule has 9 heteroatoms. The molecule has 0 spiro atoms. The molecule has 1 aliphatic heterocycles. The van der Waals surface area contributed by atoms with Crippen molar-refractivity contribution in [3.8, 4) is 0 Å². The fourth-order valence-corrected chi connectivity index (χ4v) is 3.76. The van der Waals surface area contributed by atoms with E-state index in [1.807, 2.05) is 28.9 Å². The topological polar surface area (TPSA) is 90.5 Å². The molecule has 29 heavy (non-hydrogen) atoms. The summed E-state index contributed by atoms with van der Waals surface area (Å²) >= 11 is 0. The van der Waals surface area contributed by atoms with Crippen LogP contribution < -0.4 is 5.32 Å². The van der Waals surface area contributed by atoms with Crippen molar-refractivity contribution in [2.24, 2.45) is 5.92 Å². The van der Waals surface area contributed by atoms with E-state index in [1.54, 1.807) is 10.7 Å². The minimum atomic E-state index is -0.466. The smallest absolute Gasteiger partial charge is 0.258 e. The van der Waals surface area contributed by atoms with Crippen molar-refractivity contribution in [3.63, 3.8) is 0 Å². The summed E-state index contributed by atoms with van der Waals surface area (Å²) in [5.74, 6) is 0.368. The molecule has 2 atom stereocenters. The van der Waals surface area contributed by atoms with Gasteiger partial charge in [-0.25, -0.2) is 13.8 Å². The molecule has 0 radical (unpaired) electrons. The number of hydrogen-bond donors (Lipinski definition) is 1. The van der Waals surface area contributed by atoms with E-state index in [2.05, 4.69) is 32.6 Å². The van der Waals surface area contributed by atoms with Crippen molar-refractivity contribution in [2.45, 2.75) is 25.9 Å². The zero-order chi connectivity index (χ0) is 20.0. The summed E-state index contributed by atoms with van der Waals surface area (Å²) < 4.78 is 17.1. The SMILES string of the molecule is CC1Cc2nc(NC(=O)c3cccc(F)c3)nn2CC1n1nnc2ccccc21. The summed E-state index contributed by atoms with van der Waals surface area (Å²) in [5, 5.41) is 15.7. The number of fused-ring (bicyclic) bond motifs is 2. The van der Waals surface area contributed by atoms with E-state index in [0.717, 1.165) is 16.9 Å². The van der Waals surface area contributed by atoms with E-state index in [9.17, 15) is 9.18 Å². The summed E-state index contributed by atoms with van der Waals surface area (Å²) in [6, 6.07) is 13.4. The standard InChI is InChI=1S/C20H18FN7O/c1-12-9-18-22-20(23-19(29)13-5-4-6-14(21)10-13)25-27(18)11-17(12)28-16-8-3-2-7-15(16)24-26-28/h2-8,10,12,17H,9,11H2,1H3,(H,23,25,29). The molecule has 0 bridgehead atoms. The first-order valence-electron chi connectivity index (χ1n) is 9.39. The summed E-state index contributed by atoms with van der Waals surface area (Å²) in [6.07, 6.45) is 0.696. The third kappa shape index (κ3) is 3.14. The number of amides is 1. The number of carbonyl (C=O) groups is 1. The molecule has 5 rings (SSSR count). The quantitative estimate of drug-likeness (QED) is 0.580. The lowest BCUT2D eigenvalue weighted by atomic mass is 9.95. The molecule has 0 saturated carbocycles. The first-order valence-corrected chi connectivity index (χ1v) is 9.39. The van der Waals surface area contributed by atoms with Gasteiger partial charge in [0.1, 0.15) is 17.2 Å². The zero-order valence-electron chi connectivity index (χ0n) is 15.7. The van der Waals surface area contributed by atoms with Crippen LogP contribution in [0.1, 0.15) is 29.1 Å². The van der Waals surface area contributed by atoms with Gasteiger partial charge in [-0.1, -0.05) is 30.3 Å². The van der Waals surface area contributed by atoms with Crippen LogP contribution in [0.15, 0.2) is 48.5 Å². The molecule has 2 aromatic carbocycles. The van der Waals surface area contributed by atoms with Crippen LogP contribution in [-0.4, -0.2) is 35.7 Å². The highest BCUT2D eigenvalue weighted by Crippen LogP contribution is 2.30. The third-order valence-electron chi connectivity index (χ3n) is 5.27. The zero-order valence-corrected chi connectivity index (χ0v) is 15.7. The Balaban J connectivity index is 1.40. The Morgan fingerprint density at radius 1 is 1.21 bits per heavy atom. The molecule has 2 aromatic heterocycles.